The van der Waals surface area contributed by atoms with Gasteiger partial charge in [0.2, 0.25) is 5.91 Å². The summed E-state index contributed by atoms with van der Waals surface area (Å²) >= 11 is 0. The van der Waals surface area contributed by atoms with Crippen molar-refractivity contribution in [1.82, 2.24) is 4.90 Å². The number of amides is 2. The maximum atomic E-state index is 13.1. The first kappa shape index (κ1) is 25.5. The lowest BCUT2D eigenvalue weighted by molar-refractivity contribution is -0.143. The first-order valence-electron chi connectivity index (χ1n) is 10.4. The Labute approximate surface area is 191 Å². The van der Waals surface area contributed by atoms with Crippen LogP contribution in [0.15, 0.2) is 48.5 Å². The van der Waals surface area contributed by atoms with Gasteiger partial charge < -0.3 is 16.4 Å². The second-order valence-electron chi connectivity index (χ2n) is 8.43. The van der Waals surface area contributed by atoms with Crippen molar-refractivity contribution in [3.8, 4) is 0 Å². The summed E-state index contributed by atoms with van der Waals surface area (Å²) < 4.78 is 78.8. The van der Waals surface area contributed by atoms with E-state index in [-0.39, 0.29) is 38.4 Å². The predicted octanol–water partition coefficient (Wildman–Crippen LogP) is 4.00. The normalized spacial score (nSPS) is 17.3. The number of primary amides is 1. The Balaban J connectivity index is 1.79. The van der Waals surface area contributed by atoms with Gasteiger partial charge in [-0.2, -0.15) is 26.3 Å². The van der Waals surface area contributed by atoms with Gasteiger partial charge in [-0.15, -0.1) is 0 Å². The van der Waals surface area contributed by atoms with E-state index >= 15 is 0 Å². The van der Waals surface area contributed by atoms with Crippen LogP contribution >= 0.6 is 0 Å². The van der Waals surface area contributed by atoms with E-state index in [0.717, 1.165) is 10.5 Å². The van der Waals surface area contributed by atoms with Crippen LogP contribution in [0, 0.1) is 5.92 Å². The number of alkyl halides is 6. The number of nitrogens with two attached hydrogens (primary N) is 2. The molecular formula is C23H23F6N3O2. The fraction of sp³-hybridized carbons (Fsp3) is 0.391. The second-order valence-corrected chi connectivity index (χ2v) is 8.43. The SMILES string of the molecule is NC(=O)C(N)(Cc1ccccc1)C1CCN(C(=O)c2cc(C(F)(F)F)cc(C(F)(F)F)c2)CC1. The maximum Gasteiger partial charge on any atom is 0.416 e. The van der Waals surface area contributed by atoms with Crippen LogP contribution in [-0.4, -0.2) is 35.3 Å². The molecule has 2 amide bonds. The third kappa shape index (κ3) is 5.52. The van der Waals surface area contributed by atoms with Crippen LogP contribution in [0.3, 0.4) is 0 Å². The van der Waals surface area contributed by atoms with E-state index in [0.29, 0.717) is 12.1 Å². The monoisotopic (exact) mass is 487 g/mol. The molecule has 3 rings (SSSR count). The molecule has 1 aliphatic heterocycles. The molecule has 2 aromatic carbocycles. The molecule has 184 valence electrons. The number of likely N-dealkylation sites (tertiary alicyclic amines) is 1. The first-order valence-corrected chi connectivity index (χ1v) is 10.4. The fourth-order valence-electron chi connectivity index (χ4n) is 4.22. The summed E-state index contributed by atoms with van der Waals surface area (Å²) in [6.07, 6.45) is -9.53. The average molecular weight is 487 g/mol. The van der Waals surface area contributed by atoms with Crippen molar-refractivity contribution in [3.05, 3.63) is 70.8 Å². The number of carbonyl (C=O) groups is 2. The number of hydrogen-bond acceptors (Lipinski definition) is 3. The van der Waals surface area contributed by atoms with Crippen LogP contribution < -0.4 is 11.5 Å². The van der Waals surface area contributed by atoms with E-state index in [1.165, 1.54) is 0 Å². The van der Waals surface area contributed by atoms with Gasteiger partial charge >= 0.3 is 12.4 Å². The van der Waals surface area contributed by atoms with Crippen molar-refractivity contribution in [2.45, 2.75) is 37.2 Å². The zero-order valence-corrected chi connectivity index (χ0v) is 17.9. The van der Waals surface area contributed by atoms with Crippen LogP contribution in [-0.2, 0) is 23.6 Å². The van der Waals surface area contributed by atoms with Gasteiger partial charge in [0.15, 0.2) is 0 Å². The van der Waals surface area contributed by atoms with Crippen molar-refractivity contribution in [3.63, 3.8) is 0 Å². The Hall–Kier alpha value is -3.08. The molecule has 11 heteroatoms. The number of halogens is 6. The smallest absolute Gasteiger partial charge is 0.368 e. The summed E-state index contributed by atoms with van der Waals surface area (Å²) in [5.41, 5.74) is 7.52. The number of rotatable bonds is 5. The highest BCUT2D eigenvalue weighted by molar-refractivity contribution is 5.95. The Kier molecular flexibility index (Phi) is 6.97. The van der Waals surface area contributed by atoms with Gasteiger partial charge in [0, 0.05) is 18.7 Å². The van der Waals surface area contributed by atoms with Crippen molar-refractivity contribution < 1.29 is 35.9 Å². The van der Waals surface area contributed by atoms with Gasteiger partial charge in [0.05, 0.1) is 11.1 Å². The van der Waals surface area contributed by atoms with E-state index in [4.69, 9.17) is 11.5 Å². The summed E-state index contributed by atoms with van der Waals surface area (Å²) in [5.74, 6) is -2.12. The highest BCUT2D eigenvalue weighted by Gasteiger charge is 2.43. The number of nitrogens with zero attached hydrogens (tertiary/aromatic N) is 1. The third-order valence-electron chi connectivity index (χ3n) is 6.14. The van der Waals surface area contributed by atoms with E-state index in [1.807, 2.05) is 0 Å². The highest BCUT2D eigenvalue weighted by atomic mass is 19.4. The van der Waals surface area contributed by atoms with Gasteiger partial charge in [-0.1, -0.05) is 30.3 Å². The fourth-order valence-corrected chi connectivity index (χ4v) is 4.22. The largest absolute Gasteiger partial charge is 0.416 e. The van der Waals surface area contributed by atoms with Gasteiger partial charge in [-0.05, 0) is 48.9 Å². The molecule has 1 heterocycles. The van der Waals surface area contributed by atoms with E-state index in [2.05, 4.69) is 0 Å². The number of carbonyl (C=O) groups excluding carboxylic acids is 2. The highest BCUT2D eigenvalue weighted by Crippen LogP contribution is 2.37. The minimum atomic E-state index is -5.05. The van der Waals surface area contributed by atoms with Crippen LogP contribution in [0.5, 0.6) is 0 Å². The standard InChI is InChI=1S/C23H23F6N3O2/c24-22(25,26)17-10-15(11-18(12-17)23(27,28)29)19(33)32-8-6-16(7-9-32)21(31,20(30)34)13-14-4-2-1-3-5-14/h1-5,10-12,16H,6-9,13,31H2,(H2,30,34). The molecule has 0 saturated carbocycles. The Morgan fingerprint density at radius 1 is 0.882 bits per heavy atom. The first-order chi connectivity index (χ1) is 15.7. The summed E-state index contributed by atoms with van der Waals surface area (Å²) in [6, 6.07) is 9.73. The summed E-state index contributed by atoms with van der Waals surface area (Å²) in [4.78, 5) is 26.2. The predicted molar refractivity (Wildman–Crippen MR) is 111 cm³/mol. The number of benzene rings is 2. The Morgan fingerprint density at radius 3 is 1.82 bits per heavy atom. The van der Waals surface area contributed by atoms with Crippen molar-refractivity contribution in [2.75, 3.05) is 13.1 Å². The van der Waals surface area contributed by atoms with Crippen LogP contribution in [0.2, 0.25) is 0 Å². The van der Waals surface area contributed by atoms with Crippen LogP contribution in [0.4, 0.5) is 26.3 Å². The molecule has 0 aliphatic carbocycles. The van der Waals surface area contributed by atoms with Gasteiger partial charge in [0.25, 0.3) is 5.91 Å². The van der Waals surface area contributed by atoms with Gasteiger partial charge in [0.1, 0.15) is 5.54 Å². The number of piperidine rings is 1. The lowest BCUT2D eigenvalue weighted by Crippen LogP contribution is -2.61. The molecule has 1 aliphatic rings. The summed E-state index contributed by atoms with van der Waals surface area (Å²) in [5, 5.41) is 0. The maximum absolute atomic E-state index is 13.1. The molecule has 1 fully saturated rings. The molecule has 4 N–H and O–H groups in total. The zero-order valence-electron chi connectivity index (χ0n) is 17.9. The van der Waals surface area contributed by atoms with Crippen LogP contribution in [0.1, 0.15) is 39.9 Å². The lowest BCUT2D eigenvalue weighted by Gasteiger charge is -2.40. The summed E-state index contributed by atoms with van der Waals surface area (Å²) in [7, 11) is 0. The second kappa shape index (κ2) is 9.28. The molecule has 0 aromatic heterocycles. The van der Waals surface area contributed by atoms with Gasteiger partial charge in [-0.25, -0.2) is 0 Å². The van der Waals surface area contributed by atoms with E-state index in [1.54, 1.807) is 30.3 Å². The molecule has 2 aromatic rings. The summed E-state index contributed by atoms with van der Waals surface area (Å²) in [6.45, 7) is 0.00420. The van der Waals surface area contributed by atoms with Gasteiger partial charge in [-0.3, -0.25) is 9.59 Å². The molecule has 0 spiro atoms. The molecule has 0 radical (unpaired) electrons. The molecule has 5 nitrogen and oxygen atoms in total. The Morgan fingerprint density at radius 2 is 1.38 bits per heavy atom. The molecule has 0 bridgehead atoms. The number of hydrogen-bond donors (Lipinski definition) is 2. The minimum Gasteiger partial charge on any atom is -0.368 e. The van der Waals surface area contributed by atoms with E-state index in [9.17, 15) is 35.9 Å². The van der Waals surface area contributed by atoms with Crippen molar-refractivity contribution in [2.24, 2.45) is 17.4 Å². The zero-order chi connectivity index (χ0) is 25.3. The average Bonchev–Trinajstić information content (AvgIpc) is 2.77. The third-order valence-corrected chi connectivity index (χ3v) is 6.14. The Bertz CT molecular complexity index is 1010. The molecule has 1 unspecified atom stereocenters. The quantitative estimate of drug-likeness (QED) is 0.625. The van der Waals surface area contributed by atoms with Crippen LogP contribution in [0.25, 0.3) is 0 Å². The van der Waals surface area contributed by atoms with Crippen molar-refractivity contribution in [1.29, 1.82) is 0 Å². The molecule has 1 saturated heterocycles. The van der Waals surface area contributed by atoms with E-state index < -0.39 is 52.3 Å². The lowest BCUT2D eigenvalue weighted by atomic mass is 9.74. The minimum absolute atomic E-state index is 0.00210. The molecular weight excluding hydrogens is 464 g/mol. The topological polar surface area (TPSA) is 89.4 Å². The van der Waals surface area contributed by atoms with Crippen molar-refractivity contribution >= 4 is 11.8 Å². The molecule has 34 heavy (non-hydrogen) atoms. The molecule has 1 atom stereocenters.